The van der Waals surface area contributed by atoms with Gasteiger partial charge in [0.25, 0.3) is 0 Å². The summed E-state index contributed by atoms with van der Waals surface area (Å²) in [6.07, 6.45) is 4.52. The van der Waals surface area contributed by atoms with Gasteiger partial charge in [0, 0.05) is 18.2 Å². The molecule has 1 aromatic heterocycles. The van der Waals surface area contributed by atoms with Crippen molar-refractivity contribution >= 4 is 27.4 Å². The summed E-state index contributed by atoms with van der Waals surface area (Å²) in [7, 11) is 0. The Morgan fingerprint density at radius 3 is 2.84 bits per heavy atom. The normalized spacial score (nSPS) is 13.4. The van der Waals surface area contributed by atoms with E-state index in [2.05, 4.69) is 56.3 Å². The van der Waals surface area contributed by atoms with E-state index in [4.69, 9.17) is 0 Å². The Balaban J connectivity index is 1.86. The van der Waals surface area contributed by atoms with E-state index in [1.807, 2.05) is 6.07 Å². The van der Waals surface area contributed by atoms with Gasteiger partial charge in [-0.1, -0.05) is 13.0 Å². The number of anilines is 2. The lowest BCUT2D eigenvalue weighted by atomic mass is 10.1. The van der Waals surface area contributed by atoms with Gasteiger partial charge in [-0.15, -0.1) is 0 Å². The van der Waals surface area contributed by atoms with E-state index in [1.54, 1.807) is 0 Å². The first-order chi connectivity index (χ1) is 9.24. The lowest BCUT2D eigenvalue weighted by Crippen LogP contribution is -2.00. The number of rotatable bonds is 3. The van der Waals surface area contributed by atoms with Crippen molar-refractivity contribution in [2.24, 2.45) is 0 Å². The zero-order valence-electron chi connectivity index (χ0n) is 10.9. The van der Waals surface area contributed by atoms with Crippen LogP contribution in [-0.2, 0) is 19.3 Å². The molecule has 1 heterocycles. The first-order valence-corrected chi connectivity index (χ1v) is 7.46. The number of halogens is 1. The van der Waals surface area contributed by atoms with Crippen molar-refractivity contribution in [3.8, 4) is 0 Å². The van der Waals surface area contributed by atoms with Crippen LogP contribution in [0.4, 0.5) is 11.5 Å². The van der Waals surface area contributed by atoms with Gasteiger partial charge in [0.1, 0.15) is 16.2 Å². The second-order valence-electron chi connectivity index (χ2n) is 4.81. The molecule has 3 nitrogen and oxygen atoms in total. The number of hydrogen-bond acceptors (Lipinski definition) is 3. The number of nitrogens with zero attached hydrogens (tertiary/aromatic N) is 2. The molecule has 1 aromatic carbocycles. The summed E-state index contributed by atoms with van der Waals surface area (Å²) in [5, 5.41) is 3.37. The van der Waals surface area contributed by atoms with Crippen molar-refractivity contribution in [3.63, 3.8) is 0 Å². The number of aryl methyl sites for hydroxylation is 3. The Bertz CT molecular complexity index is 610. The highest BCUT2D eigenvalue weighted by molar-refractivity contribution is 9.10. The molecule has 0 fully saturated rings. The lowest BCUT2D eigenvalue weighted by Gasteiger charge is -2.09. The van der Waals surface area contributed by atoms with Gasteiger partial charge < -0.3 is 5.32 Å². The number of benzene rings is 1. The molecular weight excluding hydrogens is 302 g/mol. The second kappa shape index (κ2) is 5.29. The monoisotopic (exact) mass is 317 g/mol. The summed E-state index contributed by atoms with van der Waals surface area (Å²) >= 11 is 3.43. The van der Waals surface area contributed by atoms with E-state index >= 15 is 0 Å². The topological polar surface area (TPSA) is 37.8 Å². The molecule has 2 aromatic rings. The van der Waals surface area contributed by atoms with E-state index in [1.165, 1.54) is 30.4 Å². The van der Waals surface area contributed by atoms with Crippen LogP contribution in [0.5, 0.6) is 0 Å². The smallest absolute Gasteiger partial charge is 0.135 e. The van der Waals surface area contributed by atoms with Crippen LogP contribution in [0, 0.1) is 0 Å². The van der Waals surface area contributed by atoms with Gasteiger partial charge in [-0.25, -0.2) is 9.97 Å². The molecule has 1 aliphatic carbocycles. The second-order valence-corrected chi connectivity index (χ2v) is 5.62. The van der Waals surface area contributed by atoms with Crippen LogP contribution in [0.3, 0.4) is 0 Å². The zero-order valence-corrected chi connectivity index (χ0v) is 12.5. The van der Waals surface area contributed by atoms with Crippen molar-refractivity contribution in [2.75, 3.05) is 5.32 Å². The summed E-state index contributed by atoms with van der Waals surface area (Å²) in [6.45, 7) is 2.06. The molecule has 98 valence electrons. The summed E-state index contributed by atoms with van der Waals surface area (Å²) < 4.78 is 0.822. The van der Waals surface area contributed by atoms with Crippen LogP contribution in [0.2, 0.25) is 0 Å². The van der Waals surface area contributed by atoms with Crippen molar-refractivity contribution < 1.29 is 0 Å². The standard InChI is InChI=1S/C15H16BrN3/c1-2-14-18-13(16)9-15(19-14)17-12-7-6-10-4-3-5-11(10)8-12/h6-9H,2-5H2,1H3,(H,17,18,19). The highest BCUT2D eigenvalue weighted by Crippen LogP contribution is 2.26. The zero-order chi connectivity index (χ0) is 13.2. The highest BCUT2D eigenvalue weighted by atomic mass is 79.9. The van der Waals surface area contributed by atoms with Crippen LogP contribution >= 0.6 is 15.9 Å². The number of fused-ring (bicyclic) bond motifs is 1. The minimum Gasteiger partial charge on any atom is -0.340 e. The molecule has 3 rings (SSSR count). The quantitative estimate of drug-likeness (QED) is 0.868. The molecule has 0 atom stereocenters. The van der Waals surface area contributed by atoms with Gasteiger partial charge >= 0.3 is 0 Å². The maximum absolute atomic E-state index is 4.49. The highest BCUT2D eigenvalue weighted by Gasteiger charge is 2.11. The van der Waals surface area contributed by atoms with E-state index < -0.39 is 0 Å². The van der Waals surface area contributed by atoms with Crippen molar-refractivity contribution in [1.29, 1.82) is 0 Å². The Kier molecular flexibility index (Phi) is 3.51. The first kappa shape index (κ1) is 12.6. The van der Waals surface area contributed by atoms with E-state index in [-0.39, 0.29) is 0 Å². The molecule has 1 N–H and O–H groups in total. The summed E-state index contributed by atoms with van der Waals surface area (Å²) in [4.78, 5) is 8.81. The molecule has 0 bridgehead atoms. The van der Waals surface area contributed by atoms with E-state index in [0.29, 0.717) is 0 Å². The fourth-order valence-electron chi connectivity index (χ4n) is 2.48. The average molecular weight is 318 g/mol. The first-order valence-electron chi connectivity index (χ1n) is 6.67. The maximum atomic E-state index is 4.49. The van der Waals surface area contributed by atoms with Crippen LogP contribution in [0.15, 0.2) is 28.9 Å². The molecule has 0 saturated heterocycles. The number of aromatic nitrogens is 2. The lowest BCUT2D eigenvalue weighted by molar-refractivity contribution is 0.912. The molecule has 0 unspecified atom stereocenters. The molecule has 0 amide bonds. The predicted molar refractivity (Wildman–Crippen MR) is 80.9 cm³/mol. The molecule has 0 aliphatic heterocycles. The third-order valence-corrected chi connectivity index (χ3v) is 3.83. The van der Waals surface area contributed by atoms with Gasteiger partial charge in [-0.2, -0.15) is 0 Å². The molecular formula is C15H16BrN3. The SMILES string of the molecule is CCc1nc(Br)cc(Nc2ccc3c(c2)CCC3)n1. The Hall–Kier alpha value is -1.42. The van der Waals surface area contributed by atoms with Crippen molar-refractivity contribution in [3.05, 3.63) is 45.8 Å². The van der Waals surface area contributed by atoms with Crippen molar-refractivity contribution in [2.45, 2.75) is 32.6 Å². The van der Waals surface area contributed by atoms with E-state index in [0.717, 1.165) is 28.4 Å². The Morgan fingerprint density at radius 2 is 2.00 bits per heavy atom. The minimum atomic E-state index is 0.822. The van der Waals surface area contributed by atoms with Crippen molar-refractivity contribution in [1.82, 2.24) is 9.97 Å². The van der Waals surface area contributed by atoms with Crippen LogP contribution < -0.4 is 5.32 Å². The minimum absolute atomic E-state index is 0.822. The average Bonchev–Trinajstić information content (AvgIpc) is 2.85. The molecule has 0 radical (unpaired) electrons. The Morgan fingerprint density at radius 1 is 1.16 bits per heavy atom. The van der Waals surface area contributed by atoms with Gasteiger partial charge in [-0.3, -0.25) is 0 Å². The molecule has 4 heteroatoms. The third-order valence-electron chi connectivity index (χ3n) is 3.43. The Labute approximate surface area is 121 Å². The van der Waals surface area contributed by atoms with Gasteiger partial charge in [0.15, 0.2) is 0 Å². The van der Waals surface area contributed by atoms with Crippen LogP contribution in [0.1, 0.15) is 30.3 Å². The third kappa shape index (κ3) is 2.78. The molecule has 19 heavy (non-hydrogen) atoms. The molecule has 0 spiro atoms. The number of hydrogen-bond donors (Lipinski definition) is 1. The summed E-state index contributed by atoms with van der Waals surface area (Å²) in [5.41, 5.74) is 4.06. The van der Waals surface area contributed by atoms with Gasteiger partial charge in [0.05, 0.1) is 0 Å². The van der Waals surface area contributed by atoms with E-state index in [9.17, 15) is 0 Å². The largest absolute Gasteiger partial charge is 0.340 e. The molecule has 1 aliphatic rings. The summed E-state index contributed by atoms with van der Waals surface area (Å²) in [6, 6.07) is 8.50. The van der Waals surface area contributed by atoms with Crippen LogP contribution in [0.25, 0.3) is 0 Å². The van der Waals surface area contributed by atoms with Crippen LogP contribution in [-0.4, -0.2) is 9.97 Å². The number of nitrogens with one attached hydrogen (secondary N) is 1. The molecule has 0 saturated carbocycles. The maximum Gasteiger partial charge on any atom is 0.135 e. The van der Waals surface area contributed by atoms with Gasteiger partial charge in [0.2, 0.25) is 0 Å². The fourth-order valence-corrected chi connectivity index (χ4v) is 2.91. The fraction of sp³-hybridized carbons (Fsp3) is 0.333. The summed E-state index contributed by atoms with van der Waals surface area (Å²) in [5.74, 6) is 1.69. The van der Waals surface area contributed by atoms with Gasteiger partial charge in [-0.05, 0) is 58.5 Å². The predicted octanol–water partition coefficient (Wildman–Crippen LogP) is 4.03.